The highest BCUT2D eigenvalue weighted by Crippen LogP contribution is 2.59. The molecule has 2 aromatic heterocycles. The van der Waals surface area contributed by atoms with E-state index in [1.54, 1.807) is 11.3 Å². The van der Waals surface area contributed by atoms with Crippen molar-refractivity contribution in [2.45, 2.75) is 5.41 Å². The Morgan fingerprint density at radius 2 is 0.967 bits per heavy atom. The van der Waals surface area contributed by atoms with Crippen LogP contribution in [-0.2, 0) is 5.41 Å². The number of hydrogen-bond acceptors (Lipinski definition) is 3. The number of hydrogen-bond donors (Lipinski definition) is 0. The molecular formula is C58H38N2S. The van der Waals surface area contributed by atoms with Crippen LogP contribution in [0.15, 0.2) is 231 Å². The highest BCUT2D eigenvalue weighted by molar-refractivity contribution is 7.25. The lowest BCUT2D eigenvalue weighted by atomic mass is 9.67. The summed E-state index contributed by atoms with van der Waals surface area (Å²) in [6, 6.07) is 84.3. The molecule has 1 aliphatic rings. The fourth-order valence-corrected chi connectivity index (χ4v) is 10.9. The molecule has 2 heterocycles. The lowest BCUT2D eigenvalue weighted by molar-refractivity contribution is 0.768. The van der Waals surface area contributed by atoms with Gasteiger partial charge >= 0.3 is 0 Å². The number of pyridine rings is 1. The molecule has 0 saturated heterocycles. The normalized spacial score (nSPS) is 12.7. The average Bonchev–Trinajstić information content (AvgIpc) is 3.84. The first-order valence-corrected chi connectivity index (χ1v) is 21.7. The topological polar surface area (TPSA) is 16.1 Å². The van der Waals surface area contributed by atoms with Crippen molar-refractivity contribution in [1.82, 2.24) is 4.98 Å². The third kappa shape index (κ3) is 5.66. The minimum absolute atomic E-state index is 0.563. The molecular weight excluding hydrogens is 757 g/mol. The van der Waals surface area contributed by atoms with Gasteiger partial charge in [-0.05, 0) is 109 Å². The van der Waals surface area contributed by atoms with Gasteiger partial charge in [0.2, 0.25) is 0 Å². The van der Waals surface area contributed by atoms with Gasteiger partial charge in [0.05, 0.1) is 11.1 Å². The van der Waals surface area contributed by atoms with Gasteiger partial charge in [0.1, 0.15) is 10.6 Å². The van der Waals surface area contributed by atoms with Crippen molar-refractivity contribution in [3.8, 4) is 33.4 Å². The molecule has 11 aromatic rings. The molecule has 1 aliphatic carbocycles. The van der Waals surface area contributed by atoms with Crippen molar-refractivity contribution in [2.24, 2.45) is 0 Å². The number of rotatable bonds is 7. The molecule has 61 heavy (non-hydrogen) atoms. The second kappa shape index (κ2) is 14.3. The molecule has 0 fully saturated rings. The van der Waals surface area contributed by atoms with Crippen LogP contribution in [0.25, 0.3) is 64.5 Å². The number of benzene rings is 9. The fraction of sp³-hybridized carbons (Fsp3) is 0.0172. The van der Waals surface area contributed by atoms with E-state index >= 15 is 0 Å². The lowest BCUT2D eigenvalue weighted by Crippen LogP contribution is -2.28. The van der Waals surface area contributed by atoms with E-state index in [0.717, 1.165) is 33.1 Å². The second-order valence-electron chi connectivity index (χ2n) is 15.9. The molecule has 12 rings (SSSR count). The molecule has 0 bridgehead atoms. The van der Waals surface area contributed by atoms with Crippen LogP contribution < -0.4 is 4.90 Å². The Labute approximate surface area is 359 Å². The van der Waals surface area contributed by atoms with Gasteiger partial charge in [-0.15, -0.1) is 11.3 Å². The van der Waals surface area contributed by atoms with Crippen LogP contribution >= 0.6 is 11.3 Å². The molecule has 0 saturated carbocycles. The maximum absolute atomic E-state index is 5.60. The van der Waals surface area contributed by atoms with E-state index < -0.39 is 5.41 Å². The number of thiophene rings is 1. The van der Waals surface area contributed by atoms with Crippen molar-refractivity contribution in [1.29, 1.82) is 0 Å². The van der Waals surface area contributed by atoms with E-state index in [-0.39, 0.29) is 0 Å². The molecule has 286 valence electrons. The zero-order valence-corrected chi connectivity index (χ0v) is 34.1. The standard InChI is InChI=1S/C58H38N2S/c1-5-17-39(18-6-1)40-29-31-46(32-30-40)60(56-34-33-48-51-35-42-21-13-14-22-43(42)36-55(51)61-57(48)59-56)54-38-53-50(37-49(54)41-19-7-2-8-20-41)47-27-15-16-28-52(47)58(53,44-23-9-3-10-24-44)45-25-11-4-12-26-45/h1-38H. The monoisotopic (exact) mass is 794 g/mol. The molecule has 0 spiro atoms. The zero-order chi connectivity index (χ0) is 40.3. The van der Waals surface area contributed by atoms with E-state index in [0.29, 0.717) is 0 Å². The largest absolute Gasteiger partial charge is 0.294 e. The van der Waals surface area contributed by atoms with Crippen LogP contribution in [0.2, 0.25) is 0 Å². The molecule has 0 amide bonds. The average molecular weight is 795 g/mol. The summed E-state index contributed by atoms with van der Waals surface area (Å²) in [7, 11) is 0. The summed E-state index contributed by atoms with van der Waals surface area (Å²) in [5, 5.41) is 4.90. The maximum atomic E-state index is 5.60. The molecule has 0 atom stereocenters. The first kappa shape index (κ1) is 35.4. The van der Waals surface area contributed by atoms with E-state index in [1.165, 1.54) is 70.8 Å². The van der Waals surface area contributed by atoms with Gasteiger partial charge < -0.3 is 0 Å². The Morgan fingerprint density at radius 1 is 0.393 bits per heavy atom. The minimum Gasteiger partial charge on any atom is -0.294 e. The van der Waals surface area contributed by atoms with Crippen LogP contribution in [-0.4, -0.2) is 4.98 Å². The van der Waals surface area contributed by atoms with Gasteiger partial charge in [-0.1, -0.05) is 182 Å². The molecule has 0 unspecified atom stereocenters. The summed E-state index contributed by atoms with van der Waals surface area (Å²) in [5.41, 5.74) is 13.7. The van der Waals surface area contributed by atoms with Crippen LogP contribution in [0.3, 0.4) is 0 Å². The van der Waals surface area contributed by atoms with Crippen LogP contribution in [0.1, 0.15) is 22.3 Å². The van der Waals surface area contributed by atoms with Gasteiger partial charge in [-0.2, -0.15) is 0 Å². The lowest BCUT2D eigenvalue weighted by Gasteiger charge is -2.35. The Bertz CT molecular complexity index is 3350. The third-order valence-corrected chi connectivity index (χ3v) is 13.6. The van der Waals surface area contributed by atoms with Crippen LogP contribution in [0.4, 0.5) is 17.2 Å². The highest BCUT2D eigenvalue weighted by atomic mass is 32.1. The summed E-state index contributed by atoms with van der Waals surface area (Å²) >= 11 is 1.77. The minimum atomic E-state index is -0.563. The summed E-state index contributed by atoms with van der Waals surface area (Å²) in [6.07, 6.45) is 0. The number of aromatic nitrogens is 1. The van der Waals surface area contributed by atoms with E-state index in [9.17, 15) is 0 Å². The van der Waals surface area contributed by atoms with Crippen molar-refractivity contribution in [3.05, 3.63) is 253 Å². The molecule has 0 aliphatic heterocycles. The molecule has 0 radical (unpaired) electrons. The summed E-state index contributed by atoms with van der Waals surface area (Å²) < 4.78 is 1.24. The quantitative estimate of drug-likeness (QED) is 0.160. The highest BCUT2D eigenvalue weighted by Gasteiger charge is 2.46. The van der Waals surface area contributed by atoms with Gasteiger partial charge in [-0.3, -0.25) is 4.90 Å². The Hall–Kier alpha value is -7.59. The smallest absolute Gasteiger partial charge is 0.139 e. The van der Waals surface area contributed by atoms with Crippen molar-refractivity contribution in [2.75, 3.05) is 4.90 Å². The molecule has 0 N–H and O–H groups in total. The van der Waals surface area contributed by atoms with Gasteiger partial charge in [0, 0.05) is 26.7 Å². The van der Waals surface area contributed by atoms with Gasteiger partial charge in [0.25, 0.3) is 0 Å². The molecule has 3 heteroatoms. The summed E-state index contributed by atoms with van der Waals surface area (Å²) in [4.78, 5) is 9.01. The SMILES string of the molecule is c1ccc(-c2ccc(N(c3ccc4c(n3)sc3cc5ccccc5cc34)c3cc4c(cc3-c3ccccc3)-c3ccccc3C4(c3ccccc3)c3ccccc3)cc2)cc1. The zero-order valence-electron chi connectivity index (χ0n) is 33.2. The number of fused-ring (bicyclic) bond motifs is 7. The predicted molar refractivity (Wildman–Crippen MR) is 257 cm³/mol. The number of nitrogens with zero attached hydrogens (tertiary/aromatic N) is 2. The first-order valence-electron chi connectivity index (χ1n) is 20.9. The summed E-state index contributed by atoms with van der Waals surface area (Å²) in [5.74, 6) is 0.869. The predicted octanol–water partition coefficient (Wildman–Crippen LogP) is 15.8. The van der Waals surface area contributed by atoms with E-state index in [2.05, 4.69) is 235 Å². The van der Waals surface area contributed by atoms with Crippen molar-refractivity contribution >= 4 is 59.6 Å². The van der Waals surface area contributed by atoms with Crippen LogP contribution in [0.5, 0.6) is 0 Å². The Balaban J connectivity index is 1.16. The van der Waals surface area contributed by atoms with Gasteiger partial charge in [0.15, 0.2) is 0 Å². The fourth-order valence-electron chi connectivity index (χ4n) is 9.80. The Morgan fingerprint density at radius 3 is 1.66 bits per heavy atom. The molecule has 9 aromatic carbocycles. The van der Waals surface area contributed by atoms with E-state index in [4.69, 9.17) is 4.98 Å². The Kier molecular flexibility index (Phi) is 8.29. The third-order valence-electron chi connectivity index (χ3n) is 12.6. The van der Waals surface area contributed by atoms with Crippen molar-refractivity contribution in [3.63, 3.8) is 0 Å². The molecule has 2 nitrogen and oxygen atoms in total. The number of anilines is 3. The first-order chi connectivity index (χ1) is 30.2. The maximum Gasteiger partial charge on any atom is 0.139 e. The second-order valence-corrected chi connectivity index (χ2v) is 16.9. The van der Waals surface area contributed by atoms with Gasteiger partial charge in [-0.25, -0.2) is 4.98 Å². The van der Waals surface area contributed by atoms with E-state index in [1.807, 2.05) is 0 Å². The summed E-state index contributed by atoms with van der Waals surface area (Å²) in [6.45, 7) is 0. The van der Waals surface area contributed by atoms with Crippen molar-refractivity contribution < 1.29 is 0 Å². The van der Waals surface area contributed by atoms with Crippen LogP contribution in [0, 0.1) is 0 Å².